The number of nitrogens with zero attached hydrogens (tertiary/aromatic N) is 4. The number of amides is 1. The van der Waals surface area contributed by atoms with E-state index < -0.39 is 11.1 Å². The summed E-state index contributed by atoms with van der Waals surface area (Å²) in [5.41, 5.74) is 1.50. The van der Waals surface area contributed by atoms with Gasteiger partial charge in [0, 0.05) is 36.1 Å². The standard InChI is InChI=1S/C35H39FN4O3/c1-4-28-38-30(43-39-28)24-6-5-7-27(16-24)40(29(41)17-33-18-34(36,19-33)20-33)22-32-12-14-35(15-13-32,42-23-32)26-10-8-25(9-11-26)31(2,3)21-37/h5-11,16H,4,12-15,17-20,22-23H2,1-3H3. The molecule has 8 heteroatoms. The number of rotatable bonds is 9. The van der Waals surface area contributed by atoms with Gasteiger partial charge in [0.05, 0.1) is 23.7 Å². The van der Waals surface area contributed by atoms with Crippen molar-refractivity contribution in [3.05, 3.63) is 65.5 Å². The molecule has 2 aliphatic heterocycles. The highest BCUT2D eigenvalue weighted by Gasteiger charge is 2.69. The zero-order valence-electron chi connectivity index (χ0n) is 25.3. The summed E-state index contributed by atoms with van der Waals surface area (Å²) in [6.45, 7) is 6.98. The van der Waals surface area contributed by atoms with Gasteiger partial charge in [-0.05, 0) is 93.5 Å². The van der Waals surface area contributed by atoms with E-state index in [-0.39, 0.29) is 22.3 Å². The van der Waals surface area contributed by atoms with Gasteiger partial charge in [-0.1, -0.05) is 42.4 Å². The van der Waals surface area contributed by atoms with Gasteiger partial charge < -0.3 is 14.2 Å². The summed E-state index contributed by atoms with van der Waals surface area (Å²) in [6.07, 6.45) is 6.22. The van der Waals surface area contributed by atoms with Gasteiger partial charge in [-0.3, -0.25) is 4.79 Å². The van der Waals surface area contributed by atoms with Gasteiger partial charge in [0.25, 0.3) is 5.89 Å². The van der Waals surface area contributed by atoms with Crippen molar-refractivity contribution < 1.29 is 18.4 Å². The van der Waals surface area contributed by atoms with Gasteiger partial charge in [0.2, 0.25) is 5.91 Å². The first kappa shape index (κ1) is 28.2. The number of halogens is 1. The first-order valence-electron chi connectivity index (χ1n) is 15.6. The van der Waals surface area contributed by atoms with Crippen LogP contribution < -0.4 is 4.90 Å². The van der Waals surface area contributed by atoms with Crippen LogP contribution in [0.2, 0.25) is 0 Å². The molecule has 0 atom stereocenters. The van der Waals surface area contributed by atoms with E-state index in [4.69, 9.17) is 9.26 Å². The molecule has 3 aromatic rings. The van der Waals surface area contributed by atoms with Crippen LogP contribution in [0.25, 0.3) is 11.5 Å². The molecule has 3 heterocycles. The SMILES string of the molecule is CCc1noc(-c2cccc(N(CC34CCC(c5ccc(C(C)(C)C#N)cc5)(CC3)OC4)C(=O)CC34CC(F)(C3)C4)c2)n1. The van der Waals surface area contributed by atoms with Crippen LogP contribution in [-0.4, -0.2) is 34.9 Å². The van der Waals surface area contributed by atoms with Crippen LogP contribution in [0, 0.1) is 22.2 Å². The summed E-state index contributed by atoms with van der Waals surface area (Å²) < 4.78 is 26.6. The number of hydrogen-bond acceptors (Lipinski definition) is 6. The zero-order valence-corrected chi connectivity index (χ0v) is 25.3. The maximum Gasteiger partial charge on any atom is 0.257 e. The molecule has 9 rings (SSSR count). The summed E-state index contributed by atoms with van der Waals surface area (Å²) >= 11 is 0. The minimum Gasteiger partial charge on any atom is -0.370 e. The highest BCUT2D eigenvalue weighted by molar-refractivity contribution is 5.94. The van der Waals surface area contributed by atoms with Crippen LogP contribution >= 0.6 is 0 Å². The third-order valence-electron chi connectivity index (χ3n) is 10.8. The van der Waals surface area contributed by atoms with E-state index in [0.717, 1.165) is 48.1 Å². The maximum atomic E-state index is 14.4. The molecule has 6 aliphatic rings. The smallest absolute Gasteiger partial charge is 0.257 e. The number of anilines is 1. The lowest BCUT2D eigenvalue weighted by Crippen LogP contribution is -2.65. The monoisotopic (exact) mass is 582 g/mol. The summed E-state index contributed by atoms with van der Waals surface area (Å²) in [6, 6.07) is 18.5. The Morgan fingerprint density at radius 1 is 1.07 bits per heavy atom. The summed E-state index contributed by atoms with van der Waals surface area (Å²) in [4.78, 5) is 20.5. The number of ether oxygens (including phenoxy) is 1. The molecule has 0 spiro atoms. The Morgan fingerprint density at radius 2 is 1.79 bits per heavy atom. The molecule has 0 N–H and O–H groups in total. The third kappa shape index (κ3) is 4.77. The molecule has 224 valence electrons. The number of nitriles is 1. The van der Waals surface area contributed by atoms with Crippen molar-refractivity contribution in [3.8, 4) is 17.5 Å². The molecule has 0 unspecified atom stereocenters. The molecule has 7 nitrogen and oxygen atoms in total. The number of carbonyl (C=O) groups is 1. The number of hydrogen-bond donors (Lipinski definition) is 0. The minimum absolute atomic E-state index is 0.0474. The van der Waals surface area contributed by atoms with Crippen molar-refractivity contribution in [1.82, 2.24) is 10.1 Å². The van der Waals surface area contributed by atoms with Crippen LogP contribution in [0.1, 0.15) is 89.1 Å². The van der Waals surface area contributed by atoms with E-state index in [9.17, 15) is 14.4 Å². The van der Waals surface area contributed by atoms with Crippen molar-refractivity contribution in [1.29, 1.82) is 5.26 Å². The fraction of sp³-hybridized carbons (Fsp3) is 0.543. The number of aromatic nitrogens is 2. The second-order valence-electron chi connectivity index (χ2n) is 14.4. The number of aryl methyl sites for hydroxylation is 1. The topological polar surface area (TPSA) is 92.3 Å². The fourth-order valence-corrected chi connectivity index (χ4v) is 8.04. The van der Waals surface area contributed by atoms with Crippen LogP contribution in [0.4, 0.5) is 10.1 Å². The Labute approximate surface area is 252 Å². The molecule has 4 aliphatic carbocycles. The number of fused-ring (bicyclic) bond motifs is 3. The van der Waals surface area contributed by atoms with Gasteiger partial charge in [-0.15, -0.1) is 0 Å². The van der Waals surface area contributed by atoms with E-state index >= 15 is 0 Å². The van der Waals surface area contributed by atoms with Gasteiger partial charge in [-0.2, -0.15) is 10.2 Å². The molecule has 0 radical (unpaired) electrons. The number of alkyl halides is 1. The zero-order chi connectivity index (χ0) is 30.1. The quantitative estimate of drug-likeness (QED) is 0.265. The van der Waals surface area contributed by atoms with Crippen molar-refractivity contribution in [2.75, 3.05) is 18.1 Å². The van der Waals surface area contributed by atoms with Crippen LogP contribution in [0.5, 0.6) is 0 Å². The van der Waals surface area contributed by atoms with Gasteiger partial charge in [-0.25, -0.2) is 4.39 Å². The van der Waals surface area contributed by atoms with E-state index in [1.165, 1.54) is 0 Å². The molecule has 2 aromatic carbocycles. The predicted octanol–water partition coefficient (Wildman–Crippen LogP) is 7.20. The van der Waals surface area contributed by atoms with Crippen LogP contribution in [0.3, 0.4) is 0 Å². The number of carbonyl (C=O) groups excluding carboxylic acids is 1. The maximum absolute atomic E-state index is 14.4. The lowest BCUT2D eigenvalue weighted by atomic mass is 9.41. The van der Waals surface area contributed by atoms with E-state index in [0.29, 0.717) is 57.0 Å². The molecule has 43 heavy (non-hydrogen) atoms. The Bertz CT molecular complexity index is 1560. The largest absolute Gasteiger partial charge is 0.370 e. The highest BCUT2D eigenvalue weighted by Crippen LogP contribution is 2.71. The van der Waals surface area contributed by atoms with E-state index in [2.05, 4.69) is 40.5 Å². The molecule has 4 saturated carbocycles. The van der Waals surface area contributed by atoms with Gasteiger partial charge in [0.15, 0.2) is 5.82 Å². The van der Waals surface area contributed by atoms with Crippen molar-refractivity contribution >= 4 is 11.6 Å². The Kier molecular flexibility index (Phi) is 6.38. The van der Waals surface area contributed by atoms with Crippen LogP contribution in [0.15, 0.2) is 53.1 Å². The predicted molar refractivity (Wildman–Crippen MR) is 160 cm³/mol. The molecule has 4 bridgehead atoms. The fourth-order valence-electron chi connectivity index (χ4n) is 8.04. The van der Waals surface area contributed by atoms with Crippen molar-refractivity contribution in [2.45, 2.75) is 95.2 Å². The van der Waals surface area contributed by atoms with Gasteiger partial charge >= 0.3 is 0 Å². The summed E-state index contributed by atoms with van der Waals surface area (Å²) in [5.74, 6) is 1.13. The lowest BCUT2D eigenvalue weighted by molar-refractivity contribution is -0.215. The van der Waals surface area contributed by atoms with E-state index in [1.54, 1.807) is 0 Å². The van der Waals surface area contributed by atoms with Gasteiger partial charge in [0.1, 0.15) is 5.67 Å². The Hall–Kier alpha value is -3.57. The first-order valence-corrected chi connectivity index (χ1v) is 15.6. The average molecular weight is 583 g/mol. The normalized spacial score (nSPS) is 30.7. The minimum atomic E-state index is -1.04. The lowest BCUT2D eigenvalue weighted by Gasteiger charge is -2.66. The molecular weight excluding hydrogens is 543 g/mol. The Morgan fingerprint density at radius 3 is 2.37 bits per heavy atom. The summed E-state index contributed by atoms with van der Waals surface area (Å²) in [7, 11) is 0. The Balaban J connectivity index is 1.12. The molecule has 6 fully saturated rings. The molecule has 1 aromatic heterocycles. The second kappa shape index (κ2) is 9.72. The number of benzene rings is 2. The summed E-state index contributed by atoms with van der Waals surface area (Å²) in [5, 5.41) is 13.6. The first-order chi connectivity index (χ1) is 20.5. The van der Waals surface area contributed by atoms with Crippen LogP contribution in [-0.2, 0) is 27.0 Å². The highest BCUT2D eigenvalue weighted by atomic mass is 19.1. The third-order valence-corrected chi connectivity index (χ3v) is 10.8. The molecule has 2 saturated heterocycles. The second-order valence-corrected chi connectivity index (χ2v) is 14.4. The van der Waals surface area contributed by atoms with E-state index in [1.807, 2.05) is 49.9 Å². The van der Waals surface area contributed by atoms with Crippen molar-refractivity contribution in [3.63, 3.8) is 0 Å². The molecule has 1 amide bonds. The average Bonchev–Trinajstić information content (AvgIpc) is 3.49. The molecular formula is C35H39FN4O3. The van der Waals surface area contributed by atoms with Crippen molar-refractivity contribution in [2.24, 2.45) is 10.8 Å².